The minimum absolute atomic E-state index is 0.000344. The molecule has 0 saturated carbocycles. The zero-order chi connectivity index (χ0) is 24.6. The molecule has 10 heteroatoms. The van der Waals surface area contributed by atoms with Crippen molar-refractivity contribution >= 4 is 39.8 Å². The van der Waals surface area contributed by atoms with Gasteiger partial charge in [-0.05, 0) is 48.3 Å². The number of halogens is 3. The molecule has 1 heterocycles. The fraction of sp³-hybridized carbons (Fsp3) is 0.435. The van der Waals surface area contributed by atoms with Gasteiger partial charge in [0.15, 0.2) is 0 Å². The number of anilines is 2. The summed E-state index contributed by atoms with van der Waals surface area (Å²) in [5.41, 5.74) is 0.876. The van der Waals surface area contributed by atoms with Gasteiger partial charge in [0.1, 0.15) is 5.00 Å². The molecule has 0 unspecified atom stereocenters. The summed E-state index contributed by atoms with van der Waals surface area (Å²) in [5.74, 6) is -3.23. The Hall–Kier alpha value is -2.88. The number of rotatable bonds is 4. The van der Waals surface area contributed by atoms with E-state index in [0.29, 0.717) is 18.4 Å². The Labute approximate surface area is 193 Å². The molecule has 1 aromatic carbocycles. The molecule has 0 saturated heterocycles. The number of amides is 2. The predicted octanol–water partition coefficient (Wildman–Crippen LogP) is 5.44. The van der Waals surface area contributed by atoms with Crippen molar-refractivity contribution in [1.29, 1.82) is 0 Å². The number of carbonyl (C=O) groups is 3. The highest BCUT2D eigenvalue weighted by Gasteiger charge is 2.41. The summed E-state index contributed by atoms with van der Waals surface area (Å²) in [7, 11) is 1.20. The van der Waals surface area contributed by atoms with E-state index in [0.717, 1.165) is 22.6 Å². The molecule has 0 aliphatic heterocycles. The maximum Gasteiger partial charge on any atom is 0.471 e. The lowest BCUT2D eigenvalue weighted by Gasteiger charge is -2.33. The Morgan fingerprint density at radius 3 is 2.36 bits per heavy atom. The van der Waals surface area contributed by atoms with Crippen LogP contribution in [0.5, 0.6) is 0 Å². The Kier molecular flexibility index (Phi) is 6.88. The monoisotopic (exact) mass is 482 g/mol. The van der Waals surface area contributed by atoms with Gasteiger partial charge in [-0.2, -0.15) is 13.2 Å². The lowest BCUT2D eigenvalue weighted by molar-refractivity contribution is -0.167. The molecule has 178 valence electrons. The SMILES string of the molecule is COC(=O)c1ccccc1NC(=O)c1c(NC(=O)C(F)(F)F)sc2c1CC[C@H](C(C)(C)C)C2. The normalized spacial score (nSPS) is 16.0. The third-order valence-electron chi connectivity index (χ3n) is 5.78. The van der Waals surface area contributed by atoms with Crippen LogP contribution in [0.25, 0.3) is 0 Å². The fourth-order valence-corrected chi connectivity index (χ4v) is 5.21. The van der Waals surface area contributed by atoms with Crippen LogP contribution < -0.4 is 10.6 Å². The van der Waals surface area contributed by atoms with Crippen LogP contribution in [0, 0.1) is 11.3 Å². The number of methoxy groups -OCH3 is 1. The van der Waals surface area contributed by atoms with E-state index in [-0.39, 0.29) is 33.1 Å². The van der Waals surface area contributed by atoms with E-state index in [9.17, 15) is 27.6 Å². The second-order valence-electron chi connectivity index (χ2n) is 8.96. The number of nitrogens with one attached hydrogen (secondary N) is 2. The van der Waals surface area contributed by atoms with E-state index in [2.05, 4.69) is 26.1 Å². The van der Waals surface area contributed by atoms with Crippen LogP contribution in [-0.2, 0) is 22.4 Å². The molecule has 0 spiro atoms. The molecule has 1 atom stereocenters. The highest BCUT2D eigenvalue weighted by Crippen LogP contribution is 2.44. The minimum atomic E-state index is -5.09. The van der Waals surface area contributed by atoms with Crippen molar-refractivity contribution in [3.05, 3.63) is 45.8 Å². The van der Waals surface area contributed by atoms with Crippen LogP contribution in [0.2, 0.25) is 0 Å². The van der Waals surface area contributed by atoms with E-state index in [1.54, 1.807) is 12.1 Å². The summed E-state index contributed by atoms with van der Waals surface area (Å²) >= 11 is 0.996. The quantitative estimate of drug-likeness (QED) is 0.569. The molecule has 0 bridgehead atoms. The highest BCUT2D eigenvalue weighted by molar-refractivity contribution is 7.17. The first-order valence-corrected chi connectivity index (χ1v) is 11.2. The number of esters is 1. The zero-order valence-electron chi connectivity index (χ0n) is 18.7. The number of carbonyl (C=O) groups excluding carboxylic acids is 3. The average Bonchev–Trinajstić information content (AvgIpc) is 3.09. The topological polar surface area (TPSA) is 84.5 Å². The van der Waals surface area contributed by atoms with E-state index in [1.807, 2.05) is 5.32 Å². The molecule has 2 N–H and O–H groups in total. The van der Waals surface area contributed by atoms with Crippen LogP contribution in [0.4, 0.5) is 23.9 Å². The molecule has 1 aliphatic rings. The van der Waals surface area contributed by atoms with Crippen molar-refractivity contribution in [2.45, 2.75) is 46.2 Å². The summed E-state index contributed by atoms with van der Waals surface area (Å²) in [6, 6.07) is 6.15. The number of hydrogen-bond donors (Lipinski definition) is 2. The molecule has 6 nitrogen and oxygen atoms in total. The highest BCUT2D eigenvalue weighted by atomic mass is 32.1. The van der Waals surface area contributed by atoms with Crippen molar-refractivity contribution in [2.75, 3.05) is 17.7 Å². The van der Waals surface area contributed by atoms with Crippen LogP contribution in [0.15, 0.2) is 24.3 Å². The standard InChI is InChI=1S/C23H25F3N2O4S/c1-22(2,3)12-9-10-14-16(11-12)33-19(28-21(31)23(24,25)26)17(14)18(29)27-15-8-6-5-7-13(15)20(30)32-4/h5-8,12H,9-11H2,1-4H3,(H,27,29)(H,28,31)/t12-/m0/s1. The molecule has 0 radical (unpaired) electrons. The van der Waals surface area contributed by atoms with Crippen molar-refractivity contribution < 1.29 is 32.3 Å². The Morgan fingerprint density at radius 2 is 1.76 bits per heavy atom. The van der Waals surface area contributed by atoms with Gasteiger partial charge in [-0.3, -0.25) is 9.59 Å². The minimum Gasteiger partial charge on any atom is -0.465 e. The molecule has 2 amide bonds. The lowest BCUT2D eigenvalue weighted by Crippen LogP contribution is -2.30. The van der Waals surface area contributed by atoms with Gasteiger partial charge in [0.25, 0.3) is 5.91 Å². The lowest BCUT2D eigenvalue weighted by atomic mass is 9.72. The first kappa shape index (κ1) is 24.8. The molecular weight excluding hydrogens is 457 g/mol. The first-order chi connectivity index (χ1) is 15.3. The molecule has 33 heavy (non-hydrogen) atoms. The number of benzene rings is 1. The van der Waals surface area contributed by atoms with Gasteiger partial charge >= 0.3 is 18.1 Å². The molecule has 3 rings (SSSR count). The number of hydrogen-bond acceptors (Lipinski definition) is 5. The van der Waals surface area contributed by atoms with E-state index >= 15 is 0 Å². The fourth-order valence-electron chi connectivity index (χ4n) is 3.89. The van der Waals surface area contributed by atoms with Gasteiger partial charge in [0.05, 0.1) is 23.9 Å². The van der Waals surface area contributed by atoms with Crippen molar-refractivity contribution in [3.63, 3.8) is 0 Å². The van der Waals surface area contributed by atoms with Crippen LogP contribution in [0.3, 0.4) is 0 Å². The maximum absolute atomic E-state index is 13.3. The number of thiophene rings is 1. The first-order valence-electron chi connectivity index (χ1n) is 10.3. The summed E-state index contributed by atoms with van der Waals surface area (Å²) in [6.45, 7) is 6.29. The summed E-state index contributed by atoms with van der Waals surface area (Å²) in [6.07, 6.45) is -3.23. The molecular formula is C23H25F3N2O4S. The second kappa shape index (κ2) is 9.17. The third-order valence-corrected chi connectivity index (χ3v) is 6.95. The van der Waals surface area contributed by atoms with Crippen LogP contribution in [0.1, 0.15) is 58.3 Å². The Bertz CT molecular complexity index is 1090. The maximum atomic E-state index is 13.3. The predicted molar refractivity (Wildman–Crippen MR) is 120 cm³/mol. The molecule has 1 aliphatic carbocycles. The number of alkyl halides is 3. The average molecular weight is 483 g/mol. The number of ether oxygens (including phenoxy) is 1. The van der Waals surface area contributed by atoms with Crippen molar-refractivity contribution in [3.8, 4) is 0 Å². The number of fused-ring (bicyclic) bond motifs is 1. The van der Waals surface area contributed by atoms with Gasteiger partial charge in [0, 0.05) is 4.88 Å². The van der Waals surface area contributed by atoms with Gasteiger partial charge in [-0.15, -0.1) is 11.3 Å². The van der Waals surface area contributed by atoms with Gasteiger partial charge in [-0.1, -0.05) is 32.9 Å². The van der Waals surface area contributed by atoms with Crippen molar-refractivity contribution in [2.24, 2.45) is 11.3 Å². The van der Waals surface area contributed by atoms with E-state index in [4.69, 9.17) is 4.74 Å². The van der Waals surface area contributed by atoms with E-state index in [1.165, 1.54) is 19.2 Å². The molecule has 0 fully saturated rings. The molecule has 2 aromatic rings. The summed E-state index contributed by atoms with van der Waals surface area (Å²) < 4.78 is 43.5. The Balaban J connectivity index is 2.01. The number of para-hydroxylation sites is 1. The summed E-state index contributed by atoms with van der Waals surface area (Å²) in [4.78, 5) is 37.7. The Morgan fingerprint density at radius 1 is 1.09 bits per heavy atom. The van der Waals surface area contributed by atoms with E-state index < -0.39 is 24.0 Å². The van der Waals surface area contributed by atoms with Crippen molar-refractivity contribution in [1.82, 2.24) is 0 Å². The second-order valence-corrected chi connectivity index (χ2v) is 10.1. The third kappa shape index (κ3) is 5.38. The van der Waals surface area contributed by atoms with Gasteiger partial charge < -0.3 is 15.4 Å². The smallest absolute Gasteiger partial charge is 0.465 e. The summed E-state index contributed by atoms with van der Waals surface area (Å²) in [5, 5.41) is 4.34. The van der Waals surface area contributed by atoms with Crippen LogP contribution in [-0.4, -0.2) is 31.1 Å². The van der Waals surface area contributed by atoms with Gasteiger partial charge in [0.2, 0.25) is 0 Å². The van der Waals surface area contributed by atoms with Crippen LogP contribution >= 0.6 is 11.3 Å². The molecule has 1 aromatic heterocycles. The van der Waals surface area contributed by atoms with Gasteiger partial charge in [-0.25, -0.2) is 4.79 Å². The zero-order valence-corrected chi connectivity index (χ0v) is 19.5. The largest absolute Gasteiger partial charge is 0.471 e.